The molecule has 3 nitrogen and oxygen atoms in total. The van der Waals surface area contributed by atoms with Crippen LogP contribution in [0.4, 0.5) is 0 Å². The van der Waals surface area contributed by atoms with Crippen LogP contribution < -0.4 is 0 Å². The Balaban J connectivity index is 2.82. The van der Waals surface area contributed by atoms with Gasteiger partial charge in [-0.2, -0.15) is 0 Å². The third-order valence-electron chi connectivity index (χ3n) is 3.18. The van der Waals surface area contributed by atoms with E-state index in [-0.39, 0.29) is 5.54 Å². The molecule has 0 aliphatic heterocycles. The first-order valence-corrected chi connectivity index (χ1v) is 6.33. The van der Waals surface area contributed by atoms with Crippen molar-refractivity contribution in [3.8, 4) is 0 Å². The lowest BCUT2D eigenvalue weighted by Crippen LogP contribution is -2.21. The molecule has 0 aliphatic carbocycles. The SMILES string of the molecule is CCc1cn(C(C)(C)C)c2ncnc(CC)c12. The minimum absolute atomic E-state index is 0.0606. The molecule has 0 fully saturated rings. The molecule has 0 N–H and O–H groups in total. The van der Waals surface area contributed by atoms with E-state index in [9.17, 15) is 0 Å². The number of nitrogens with zero attached hydrogens (tertiary/aromatic N) is 3. The predicted molar refractivity (Wildman–Crippen MR) is 71.3 cm³/mol. The van der Waals surface area contributed by atoms with Gasteiger partial charge in [0.25, 0.3) is 0 Å². The normalized spacial score (nSPS) is 12.3. The van der Waals surface area contributed by atoms with Crippen molar-refractivity contribution >= 4 is 11.0 Å². The monoisotopic (exact) mass is 231 g/mol. The molecule has 0 amide bonds. The van der Waals surface area contributed by atoms with Crippen LogP contribution in [-0.4, -0.2) is 14.5 Å². The van der Waals surface area contributed by atoms with Crippen molar-refractivity contribution in [1.29, 1.82) is 0 Å². The largest absolute Gasteiger partial charge is 0.327 e. The third kappa shape index (κ3) is 1.94. The minimum atomic E-state index is 0.0606. The van der Waals surface area contributed by atoms with E-state index in [1.165, 1.54) is 10.9 Å². The van der Waals surface area contributed by atoms with E-state index >= 15 is 0 Å². The second-order valence-electron chi connectivity index (χ2n) is 5.42. The highest BCUT2D eigenvalue weighted by molar-refractivity contribution is 5.83. The predicted octanol–water partition coefficient (Wildman–Crippen LogP) is 3.31. The van der Waals surface area contributed by atoms with Crippen molar-refractivity contribution in [3.05, 3.63) is 23.8 Å². The summed E-state index contributed by atoms with van der Waals surface area (Å²) < 4.78 is 2.27. The van der Waals surface area contributed by atoms with Crippen molar-refractivity contribution in [1.82, 2.24) is 14.5 Å². The molecule has 17 heavy (non-hydrogen) atoms. The molecule has 92 valence electrons. The lowest BCUT2D eigenvalue weighted by atomic mass is 10.1. The van der Waals surface area contributed by atoms with Crippen molar-refractivity contribution in [2.75, 3.05) is 0 Å². The number of rotatable bonds is 2. The highest BCUT2D eigenvalue weighted by Gasteiger charge is 2.20. The average molecular weight is 231 g/mol. The number of aromatic nitrogens is 3. The maximum atomic E-state index is 4.48. The zero-order valence-corrected chi connectivity index (χ0v) is 11.4. The van der Waals surface area contributed by atoms with E-state index in [1.54, 1.807) is 6.33 Å². The van der Waals surface area contributed by atoms with Crippen molar-refractivity contribution in [3.63, 3.8) is 0 Å². The van der Waals surface area contributed by atoms with Crippen LogP contribution in [0.15, 0.2) is 12.5 Å². The van der Waals surface area contributed by atoms with E-state index in [2.05, 4.69) is 55.4 Å². The maximum Gasteiger partial charge on any atom is 0.144 e. The van der Waals surface area contributed by atoms with Crippen LogP contribution in [0.5, 0.6) is 0 Å². The minimum Gasteiger partial charge on any atom is -0.327 e. The molecule has 2 aromatic rings. The molecule has 0 atom stereocenters. The van der Waals surface area contributed by atoms with Gasteiger partial charge < -0.3 is 4.57 Å². The smallest absolute Gasteiger partial charge is 0.144 e. The zero-order valence-electron chi connectivity index (χ0n) is 11.4. The molecule has 0 bridgehead atoms. The Labute approximate surface area is 103 Å². The van der Waals surface area contributed by atoms with Gasteiger partial charge in [0.15, 0.2) is 0 Å². The van der Waals surface area contributed by atoms with Gasteiger partial charge in [0.1, 0.15) is 12.0 Å². The quantitative estimate of drug-likeness (QED) is 0.794. The molecular formula is C14H21N3. The molecular weight excluding hydrogens is 210 g/mol. The molecule has 0 saturated heterocycles. The van der Waals surface area contributed by atoms with Gasteiger partial charge in [-0.05, 0) is 39.2 Å². The fourth-order valence-electron chi connectivity index (χ4n) is 2.25. The summed E-state index contributed by atoms with van der Waals surface area (Å²) in [6.45, 7) is 11.0. The lowest BCUT2D eigenvalue weighted by Gasteiger charge is -2.21. The van der Waals surface area contributed by atoms with Gasteiger partial charge in [0.2, 0.25) is 0 Å². The number of hydrogen-bond donors (Lipinski definition) is 0. The summed E-state index contributed by atoms with van der Waals surface area (Å²) in [5.41, 5.74) is 3.65. The highest BCUT2D eigenvalue weighted by atomic mass is 15.1. The van der Waals surface area contributed by atoms with Crippen LogP contribution in [-0.2, 0) is 18.4 Å². The Bertz CT molecular complexity index is 532. The topological polar surface area (TPSA) is 30.7 Å². The van der Waals surface area contributed by atoms with Gasteiger partial charge in [-0.3, -0.25) is 0 Å². The lowest BCUT2D eigenvalue weighted by molar-refractivity contribution is 0.407. The van der Waals surface area contributed by atoms with Gasteiger partial charge in [-0.1, -0.05) is 13.8 Å². The standard InChI is InChI=1S/C14H21N3/c1-6-10-8-17(14(3,4)5)13-12(10)11(7-2)15-9-16-13/h8-9H,6-7H2,1-5H3. The van der Waals surface area contributed by atoms with E-state index in [0.717, 1.165) is 24.2 Å². The molecule has 2 aromatic heterocycles. The fourth-order valence-corrected chi connectivity index (χ4v) is 2.25. The zero-order chi connectivity index (χ0) is 12.6. The summed E-state index contributed by atoms with van der Waals surface area (Å²) >= 11 is 0. The van der Waals surface area contributed by atoms with Crippen molar-refractivity contribution < 1.29 is 0 Å². The summed E-state index contributed by atoms with van der Waals surface area (Å²) in [6.07, 6.45) is 5.90. The Morgan fingerprint density at radius 3 is 2.35 bits per heavy atom. The van der Waals surface area contributed by atoms with Gasteiger partial charge in [0.05, 0.1) is 5.69 Å². The Morgan fingerprint density at radius 1 is 1.12 bits per heavy atom. The first-order chi connectivity index (χ1) is 7.99. The second kappa shape index (κ2) is 4.13. The first kappa shape index (κ1) is 12.1. The Kier molecular flexibility index (Phi) is 2.94. The third-order valence-corrected chi connectivity index (χ3v) is 3.18. The molecule has 0 aliphatic rings. The maximum absolute atomic E-state index is 4.48. The van der Waals surface area contributed by atoms with Crippen molar-refractivity contribution in [2.45, 2.75) is 53.0 Å². The van der Waals surface area contributed by atoms with Crippen LogP contribution in [0.2, 0.25) is 0 Å². The van der Waals surface area contributed by atoms with Crippen LogP contribution in [0.25, 0.3) is 11.0 Å². The summed E-state index contributed by atoms with van der Waals surface area (Å²) in [5.74, 6) is 0. The molecule has 0 saturated carbocycles. The molecule has 0 aromatic carbocycles. The highest BCUT2D eigenvalue weighted by Crippen LogP contribution is 2.28. The molecule has 0 unspecified atom stereocenters. The summed E-state index contributed by atoms with van der Waals surface area (Å²) in [7, 11) is 0. The van der Waals surface area contributed by atoms with Gasteiger partial charge in [-0.25, -0.2) is 9.97 Å². The van der Waals surface area contributed by atoms with E-state index in [0.29, 0.717) is 0 Å². The Morgan fingerprint density at radius 2 is 1.82 bits per heavy atom. The second-order valence-corrected chi connectivity index (χ2v) is 5.42. The van der Waals surface area contributed by atoms with Crippen LogP contribution in [0.1, 0.15) is 45.9 Å². The fraction of sp³-hybridized carbons (Fsp3) is 0.571. The van der Waals surface area contributed by atoms with E-state index < -0.39 is 0 Å². The molecule has 3 heteroatoms. The average Bonchev–Trinajstić information content (AvgIpc) is 2.67. The van der Waals surface area contributed by atoms with Gasteiger partial charge >= 0.3 is 0 Å². The summed E-state index contributed by atoms with van der Waals surface area (Å²) in [5, 5.41) is 1.26. The van der Waals surface area contributed by atoms with Crippen molar-refractivity contribution in [2.24, 2.45) is 0 Å². The number of hydrogen-bond acceptors (Lipinski definition) is 2. The number of aryl methyl sites for hydroxylation is 2. The molecule has 0 spiro atoms. The van der Waals surface area contributed by atoms with E-state index in [4.69, 9.17) is 0 Å². The van der Waals surface area contributed by atoms with Crippen LogP contribution in [0, 0.1) is 0 Å². The van der Waals surface area contributed by atoms with Gasteiger partial charge in [-0.15, -0.1) is 0 Å². The number of fused-ring (bicyclic) bond motifs is 1. The van der Waals surface area contributed by atoms with E-state index in [1.807, 2.05) is 0 Å². The Hall–Kier alpha value is -1.38. The molecule has 0 radical (unpaired) electrons. The summed E-state index contributed by atoms with van der Waals surface area (Å²) in [4.78, 5) is 8.88. The van der Waals surface area contributed by atoms with Gasteiger partial charge in [0, 0.05) is 17.1 Å². The first-order valence-electron chi connectivity index (χ1n) is 6.33. The summed E-state index contributed by atoms with van der Waals surface area (Å²) in [6, 6.07) is 0. The van der Waals surface area contributed by atoms with Crippen LogP contribution >= 0.6 is 0 Å². The van der Waals surface area contributed by atoms with Crippen LogP contribution in [0.3, 0.4) is 0 Å². The molecule has 2 heterocycles. The molecule has 2 rings (SSSR count).